The lowest BCUT2D eigenvalue weighted by Gasteiger charge is -2.34. The van der Waals surface area contributed by atoms with Crippen molar-refractivity contribution < 1.29 is 14.3 Å². The molecule has 264 valence electrons. The number of hydrogen-bond acceptors (Lipinski definition) is 9. The molecule has 50 heavy (non-hydrogen) atoms. The molecule has 2 aliphatic rings. The zero-order valence-electron chi connectivity index (χ0n) is 29.3. The molecule has 0 saturated carbocycles. The SMILES string of the molecule is CC(=O)N1CCN(CCc2ccc(-c3cccc(N)n3)cc2)CC1.COCC(=O)N1CCN(CCc2ccc(-c3cccc(N)n3)cc2)CC1. The Balaban J connectivity index is 0.000000195. The maximum Gasteiger partial charge on any atom is 0.248 e. The number of amides is 2. The molecular weight excluding hydrogens is 628 g/mol. The summed E-state index contributed by atoms with van der Waals surface area (Å²) in [7, 11) is 1.56. The summed E-state index contributed by atoms with van der Waals surface area (Å²) in [5.74, 6) is 1.34. The number of anilines is 2. The number of rotatable bonds is 10. The van der Waals surface area contributed by atoms with Crippen LogP contribution in [0.1, 0.15) is 18.1 Å². The van der Waals surface area contributed by atoms with Gasteiger partial charge in [0, 0.05) is 90.6 Å². The monoisotopic (exact) mass is 678 g/mol. The minimum absolute atomic E-state index is 0.0814. The molecule has 11 nitrogen and oxygen atoms in total. The van der Waals surface area contributed by atoms with Crippen molar-refractivity contribution in [1.82, 2.24) is 29.6 Å². The quantitative estimate of drug-likeness (QED) is 0.258. The second kappa shape index (κ2) is 18.2. The highest BCUT2D eigenvalue weighted by molar-refractivity contribution is 5.77. The maximum atomic E-state index is 11.8. The number of methoxy groups -OCH3 is 1. The minimum atomic E-state index is 0.0814. The van der Waals surface area contributed by atoms with E-state index in [2.05, 4.69) is 68.3 Å². The summed E-state index contributed by atoms with van der Waals surface area (Å²) in [6, 6.07) is 28.4. The first-order valence-electron chi connectivity index (χ1n) is 17.4. The van der Waals surface area contributed by atoms with E-state index >= 15 is 0 Å². The molecule has 4 N–H and O–H groups in total. The predicted molar refractivity (Wildman–Crippen MR) is 199 cm³/mol. The molecule has 0 bridgehead atoms. The average molecular weight is 679 g/mol. The number of carbonyl (C=O) groups is 2. The lowest BCUT2D eigenvalue weighted by molar-refractivity contribution is -0.136. The second-order valence-corrected chi connectivity index (χ2v) is 12.8. The minimum Gasteiger partial charge on any atom is -0.384 e. The van der Waals surface area contributed by atoms with Crippen molar-refractivity contribution in [2.45, 2.75) is 19.8 Å². The molecule has 4 aromatic rings. The first kappa shape index (κ1) is 36.4. The van der Waals surface area contributed by atoms with E-state index in [4.69, 9.17) is 16.2 Å². The summed E-state index contributed by atoms with van der Waals surface area (Å²) < 4.78 is 4.92. The largest absolute Gasteiger partial charge is 0.384 e. The van der Waals surface area contributed by atoms with Crippen LogP contribution < -0.4 is 11.5 Å². The van der Waals surface area contributed by atoms with Gasteiger partial charge in [-0.1, -0.05) is 60.7 Å². The van der Waals surface area contributed by atoms with Gasteiger partial charge in [0.2, 0.25) is 11.8 Å². The number of piperazine rings is 2. The molecule has 2 aliphatic heterocycles. The number of carbonyl (C=O) groups excluding carboxylic acids is 2. The Morgan fingerprint density at radius 2 is 1.04 bits per heavy atom. The van der Waals surface area contributed by atoms with E-state index in [-0.39, 0.29) is 18.4 Å². The van der Waals surface area contributed by atoms with Gasteiger partial charge < -0.3 is 26.0 Å². The number of nitrogens with zero attached hydrogens (tertiary/aromatic N) is 6. The first-order chi connectivity index (χ1) is 24.3. The Bertz CT molecular complexity index is 1670. The van der Waals surface area contributed by atoms with Crippen molar-refractivity contribution in [3.05, 3.63) is 96.1 Å². The van der Waals surface area contributed by atoms with Gasteiger partial charge in [-0.15, -0.1) is 0 Å². The van der Waals surface area contributed by atoms with E-state index in [9.17, 15) is 9.59 Å². The number of nitrogens with two attached hydrogens (primary N) is 2. The Kier molecular flexibility index (Phi) is 13.3. The van der Waals surface area contributed by atoms with Crippen LogP contribution in [-0.4, -0.2) is 121 Å². The Morgan fingerprint density at radius 1 is 0.620 bits per heavy atom. The zero-order chi connectivity index (χ0) is 35.3. The van der Waals surface area contributed by atoms with Gasteiger partial charge in [-0.2, -0.15) is 0 Å². The van der Waals surface area contributed by atoms with Gasteiger partial charge in [0.25, 0.3) is 0 Å². The molecule has 2 saturated heterocycles. The number of aromatic nitrogens is 2. The summed E-state index contributed by atoms with van der Waals surface area (Å²) in [4.78, 5) is 40.5. The number of benzene rings is 2. The van der Waals surface area contributed by atoms with Crippen LogP contribution in [0.3, 0.4) is 0 Å². The number of nitrogen functional groups attached to an aromatic ring is 2. The normalized spacial score (nSPS) is 15.3. The smallest absolute Gasteiger partial charge is 0.248 e. The fourth-order valence-corrected chi connectivity index (χ4v) is 6.21. The molecule has 2 amide bonds. The third-order valence-corrected chi connectivity index (χ3v) is 9.28. The molecule has 2 aromatic carbocycles. The molecule has 0 aliphatic carbocycles. The highest BCUT2D eigenvalue weighted by Gasteiger charge is 2.21. The zero-order valence-corrected chi connectivity index (χ0v) is 29.3. The highest BCUT2D eigenvalue weighted by Crippen LogP contribution is 2.20. The van der Waals surface area contributed by atoms with Gasteiger partial charge >= 0.3 is 0 Å². The lowest BCUT2D eigenvalue weighted by atomic mass is 10.1. The predicted octanol–water partition coefficient (Wildman–Crippen LogP) is 3.70. The van der Waals surface area contributed by atoms with Gasteiger partial charge in [0.05, 0.1) is 11.4 Å². The van der Waals surface area contributed by atoms with Crippen molar-refractivity contribution >= 4 is 23.5 Å². The molecule has 2 fully saturated rings. The van der Waals surface area contributed by atoms with Gasteiger partial charge in [0.15, 0.2) is 0 Å². The summed E-state index contributed by atoms with van der Waals surface area (Å²) in [6.07, 6.45) is 2.02. The molecule has 6 rings (SSSR count). The van der Waals surface area contributed by atoms with E-state index in [1.807, 2.05) is 34.1 Å². The molecule has 4 heterocycles. The summed E-state index contributed by atoms with van der Waals surface area (Å²) in [5.41, 5.74) is 18.1. The summed E-state index contributed by atoms with van der Waals surface area (Å²) >= 11 is 0. The summed E-state index contributed by atoms with van der Waals surface area (Å²) in [5, 5.41) is 0. The van der Waals surface area contributed by atoms with E-state index < -0.39 is 0 Å². The fourth-order valence-electron chi connectivity index (χ4n) is 6.21. The molecule has 0 spiro atoms. The van der Waals surface area contributed by atoms with Crippen LogP contribution in [0, 0.1) is 0 Å². The third kappa shape index (κ3) is 10.8. The molecule has 0 atom stereocenters. The molecule has 11 heteroatoms. The Morgan fingerprint density at radius 3 is 1.42 bits per heavy atom. The first-order valence-corrected chi connectivity index (χ1v) is 17.4. The van der Waals surface area contributed by atoms with Gasteiger partial charge in [0.1, 0.15) is 18.2 Å². The van der Waals surface area contributed by atoms with Crippen LogP contribution in [0.25, 0.3) is 22.5 Å². The van der Waals surface area contributed by atoms with Crippen LogP contribution in [0.5, 0.6) is 0 Å². The van der Waals surface area contributed by atoms with E-state index in [0.717, 1.165) is 101 Å². The summed E-state index contributed by atoms with van der Waals surface area (Å²) in [6.45, 7) is 10.9. The van der Waals surface area contributed by atoms with Crippen LogP contribution in [0.2, 0.25) is 0 Å². The van der Waals surface area contributed by atoms with Crippen molar-refractivity contribution in [2.24, 2.45) is 0 Å². The van der Waals surface area contributed by atoms with Gasteiger partial charge in [-0.3, -0.25) is 19.4 Å². The lowest BCUT2D eigenvalue weighted by Crippen LogP contribution is -2.50. The fraction of sp³-hybridized carbons (Fsp3) is 0.385. The van der Waals surface area contributed by atoms with Crippen molar-refractivity contribution in [1.29, 1.82) is 0 Å². The van der Waals surface area contributed by atoms with Crippen molar-refractivity contribution in [3.8, 4) is 22.5 Å². The van der Waals surface area contributed by atoms with E-state index in [1.54, 1.807) is 26.2 Å². The van der Waals surface area contributed by atoms with Crippen LogP contribution in [-0.2, 0) is 27.2 Å². The van der Waals surface area contributed by atoms with Crippen LogP contribution in [0.15, 0.2) is 84.9 Å². The van der Waals surface area contributed by atoms with Gasteiger partial charge in [-0.05, 0) is 48.2 Å². The Labute approximate surface area is 295 Å². The molecule has 2 aromatic heterocycles. The second-order valence-electron chi connectivity index (χ2n) is 12.8. The highest BCUT2D eigenvalue weighted by atomic mass is 16.5. The molecular formula is C39H50N8O3. The standard InChI is InChI=1S/C20H26N4O2.C19H24N4O/c1-26-15-20(25)24-13-11-23(12-14-24)10-9-16-5-7-17(8-6-16)18-3-2-4-19(21)22-18;1-15(24)23-13-11-22(12-14-23)10-9-16-5-7-17(8-6-16)18-3-2-4-19(20)21-18/h2-8H,9-15H2,1H3,(H2,21,22);2-8H,9-14H2,1H3,(H2,20,21). The molecule has 0 unspecified atom stereocenters. The topological polar surface area (TPSA) is 134 Å². The van der Waals surface area contributed by atoms with Gasteiger partial charge in [-0.25, -0.2) is 9.97 Å². The average Bonchev–Trinajstić information content (AvgIpc) is 3.14. The van der Waals surface area contributed by atoms with Crippen molar-refractivity contribution in [3.63, 3.8) is 0 Å². The van der Waals surface area contributed by atoms with E-state index in [0.29, 0.717) is 11.6 Å². The van der Waals surface area contributed by atoms with Crippen LogP contribution in [0.4, 0.5) is 11.6 Å². The third-order valence-electron chi connectivity index (χ3n) is 9.28. The number of pyridine rings is 2. The van der Waals surface area contributed by atoms with E-state index in [1.165, 1.54) is 11.1 Å². The number of hydrogen-bond donors (Lipinski definition) is 2. The molecule has 0 radical (unpaired) electrons. The van der Waals surface area contributed by atoms with Crippen molar-refractivity contribution in [2.75, 3.05) is 90.6 Å². The Hall–Kier alpha value is -4.84. The van der Waals surface area contributed by atoms with Crippen LogP contribution >= 0.6 is 0 Å². The number of ether oxygens (including phenoxy) is 1. The maximum absolute atomic E-state index is 11.8.